The zero-order valence-corrected chi connectivity index (χ0v) is 21.4. The van der Waals surface area contributed by atoms with Gasteiger partial charge in [-0.25, -0.2) is 14.8 Å². The Hall–Kier alpha value is -4.12. The van der Waals surface area contributed by atoms with Crippen molar-refractivity contribution in [1.29, 1.82) is 0 Å². The Morgan fingerprint density at radius 2 is 1.47 bits per heavy atom. The van der Waals surface area contributed by atoms with Crippen molar-refractivity contribution in [2.45, 2.75) is 49.9 Å². The smallest absolute Gasteiger partial charge is 0.327 e. The lowest BCUT2D eigenvalue weighted by Gasteiger charge is -2.25. The number of guanidine groups is 1. The van der Waals surface area contributed by atoms with E-state index in [1.54, 1.807) is 0 Å². The molecule has 4 atom stereocenters. The van der Waals surface area contributed by atoms with Gasteiger partial charge in [-0.2, -0.15) is 12.6 Å². The summed E-state index contributed by atoms with van der Waals surface area (Å²) in [6, 6.07) is -4.55. The third-order valence-electron chi connectivity index (χ3n) is 5.32. The molecule has 208 valence electrons. The zero-order chi connectivity index (χ0) is 28.1. The number of nitrogens with zero attached hydrogens (tertiary/aromatic N) is 3. The van der Waals surface area contributed by atoms with Crippen LogP contribution >= 0.6 is 12.6 Å². The van der Waals surface area contributed by atoms with Gasteiger partial charge in [0, 0.05) is 48.9 Å². The van der Waals surface area contributed by atoms with Crippen LogP contribution in [0, 0.1) is 0 Å². The Morgan fingerprint density at radius 3 is 2.00 bits per heavy atom. The van der Waals surface area contributed by atoms with E-state index in [1.807, 2.05) is 0 Å². The topological polar surface area (TPSA) is 272 Å². The number of aromatic nitrogens is 4. The molecule has 0 spiro atoms. The lowest BCUT2D eigenvalue weighted by Crippen LogP contribution is -2.58. The Labute approximate surface area is 223 Å². The van der Waals surface area contributed by atoms with Crippen LogP contribution in [0.3, 0.4) is 0 Å². The predicted molar refractivity (Wildman–Crippen MR) is 140 cm³/mol. The van der Waals surface area contributed by atoms with E-state index in [1.165, 1.54) is 25.0 Å². The number of aromatic amines is 2. The van der Waals surface area contributed by atoms with Crippen LogP contribution in [0.5, 0.6) is 0 Å². The molecule has 0 aliphatic rings. The maximum absolute atomic E-state index is 13.3. The molecule has 0 fully saturated rings. The van der Waals surface area contributed by atoms with Gasteiger partial charge in [0.1, 0.15) is 18.1 Å². The summed E-state index contributed by atoms with van der Waals surface area (Å²) in [5, 5.41) is 16.8. The molecule has 0 aromatic carbocycles. The molecule has 16 nitrogen and oxygen atoms in total. The summed E-state index contributed by atoms with van der Waals surface area (Å²) in [5.74, 6) is -3.60. The summed E-state index contributed by atoms with van der Waals surface area (Å²) in [5.41, 5.74) is 17.8. The van der Waals surface area contributed by atoms with Crippen LogP contribution in [0.25, 0.3) is 0 Å². The monoisotopic (exact) mass is 551 g/mol. The highest BCUT2D eigenvalue weighted by Gasteiger charge is 2.30. The van der Waals surface area contributed by atoms with Crippen molar-refractivity contribution in [1.82, 2.24) is 35.9 Å². The average Bonchev–Trinajstić information content (AvgIpc) is 3.57. The second-order valence-corrected chi connectivity index (χ2v) is 8.69. The molecule has 17 heteroatoms. The van der Waals surface area contributed by atoms with Gasteiger partial charge in [0.05, 0.1) is 18.7 Å². The van der Waals surface area contributed by atoms with E-state index in [-0.39, 0.29) is 37.5 Å². The van der Waals surface area contributed by atoms with Crippen molar-refractivity contribution in [2.24, 2.45) is 22.2 Å². The number of hydrogen-bond acceptors (Lipinski definition) is 9. The largest absolute Gasteiger partial charge is 0.480 e. The SMILES string of the molecule is NC(N)=NCCCC(NC(=O)C(N)Cc1cnc[nH]1)C(=O)NC(Cc1cnc[nH]1)C(=O)NC(CS)C(=O)O. The molecule has 0 bridgehead atoms. The van der Waals surface area contributed by atoms with E-state index in [2.05, 4.69) is 53.5 Å². The average molecular weight is 552 g/mol. The number of thiol groups is 1. The minimum absolute atomic E-state index is 0.0233. The molecule has 0 saturated carbocycles. The van der Waals surface area contributed by atoms with Crippen molar-refractivity contribution in [2.75, 3.05) is 12.3 Å². The summed E-state index contributed by atoms with van der Waals surface area (Å²) in [6.07, 6.45) is 6.41. The number of aliphatic imine (C=N–C) groups is 1. The van der Waals surface area contributed by atoms with Gasteiger partial charge in [-0.05, 0) is 12.8 Å². The van der Waals surface area contributed by atoms with E-state index in [0.717, 1.165) is 0 Å². The van der Waals surface area contributed by atoms with Crippen LogP contribution in [0.2, 0.25) is 0 Å². The Kier molecular flexibility index (Phi) is 12.0. The van der Waals surface area contributed by atoms with Crippen LogP contribution in [-0.2, 0) is 32.0 Å². The number of aliphatic carboxylic acids is 1. The number of carboxylic acids is 1. The lowest BCUT2D eigenvalue weighted by atomic mass is 10.1. The molecule has 2 heterocycles. The Bertz CT molecular complexity index is 1070. The number of rotatable bonds is 16. The molecule has 2 aromatic rings. The molecule has 0 aliphatic heterocycles. The number of hydrogen-bond donors (Lipinski definition) is 10. The van der Waals surface area contributed by atoms with Crippen molar-refractivity contribution >= 4 is 42.3 Å². The molecular weight excluding hydrogens is 518 g/mol. The molecule has 3 amide bonds. The summed E-state index contributed by atoms with van der Waals surface area (Å²) < 4.78 is 0. The first kappa shape index (κ1) is 30.1. The second kappa shape index (κ2) is 15.2. The van der Waals surface area contributed by atoms with Gasteiger partial charge in [-0.3, -0.25) is 19.4 Å². The van der Waals surface area contributed by atoms with Crippen molar-refractivity contribution in [3.05, 3.63) is 36.4 Å². The molecular formula is C21H33N11O5S. The van der Waals surface area contributed by atoms with Crippen LogP contribution < -0.4 is 33.2 Å². The van der Waals surface area contributed by atoms with Crippen LogP contribution in [-0.4, -0.2) is 91.2 Å². The molecule has 0 radical (unpaired) electrons. The number of amides is 3. The minimum atomic E-state index is -1.28. The van der Waals surface area contributed by atoms with E-state index >= 15 is 0 Å². The Morgan fingerprint density at radius 1 is 0.921 bits per heavy atom. The second-order valence-electron chi connectivity index (χ2n) is 8.32. The van der Waals surface area contributed by atoms with Crippen molar-refractivity contribution in [3.63, 3.8) is 0 Å². The molecule has 12 N–H and O–H groups in total. The van der Waals surface area contributed by atoms with E-state index in [4.69, 9.17) is 17.2 Å². The Balaban J connectivity index is 2.17. The molecule has 0 saturated heterocycles. The van der Waals surface area contributed by atoms with Gasteiger partial charge < -0.3 is 48.2 Å². The fourth-order valence-corrected chi connectivity index (χ4v) is 3.58. The maximum atomic E-state index is 13.3. The van der Waals surface area contributed by atoms with Crippen molar-refractivity contribution < 1.29 is 24.3 Å². The third-order valence-corrected chi connectivity index (χ3v) is 5.68. The van der Waals surface area contributed by atoms with E-state index in [9.17, 15) is 24.3 Å². The molecule has 4 unspecified atom stereocenters. The highest BCUT2D eigenvalue weighted by atomic mass is 32.1. The summed E-state index contributed by atoms with van der Waals surface area (Å²) in [6.45, 7) is 0.197. The van der Waals surface area contributed by atoms with E-state index in [0.29, 0.717) is 17.8 Å². The highest BCUT2D eigenvalue weighted by molar-refractivity contribution is 7.80. The van der Waals surface area contributed by atoms with Gasteiger partial charge >= 0.3 is 5.97 Å². The van der Waals surface area contributed by atoms with Crippen LogP contribution in [0.1, 0.15) is 24.2 Å². The number of carbonyl (C=O) groups excluding carboxylic acids is 3. The number of nitrogens with one attached hydrogen (secondary N) is 5. The number of carboxylic acid groups (broad SMARTS) is 1. The third kappa shape index (κ3) is 10.1. The minimum Gasteiger partial charge on any atom is -0.480 e. The first-order valence-electron chi connectivity index (χ1n) is 11.6. The number of imidazole rings is 2. The van der Waals surface area contributed by atoms with Gasteiger partial charge in [0.25, 0.3) is 0 Å². The van der Waals surface area contributed by atoms with Gasteiger partial charge in [-0.15, -0.1) is 0 Å². The van der Waals surface area contributed by atoms with E-state index < -0.39 is 47.9 Å². The molecule has 0 aliphatic carbocycles. The molecule has 2 aromatic heterocycles. The normalized spacial score (nSPS) is 13.9. The summed E-state index contributed by atoms with van der Waals surface area (Å²) in [4.78, 5) is 67.7. The van der Waals surface area contributed by atoms with Gasteiger partial charge in [-0.1, -0.05) is 0 Å². The number of carbonyl (C=O) groups is 4. The van der Waals surface area contributed by atoms with Gasteiger partial charge in [0.2, 0.25) is 17.7 Å². The van der Waals surface area contributed by atoms with Crippen LogP contribution in [0.15, 0.2) is 30.0 Å². The highest BCUT2D eigenvalue weighted by Crippen LogP contribution is 2.05. The first-order valence-corrected chi connectivity index (χ1v) is 12.2. The first-order chi connectivity index (χ1) is 18.1. The summed E-state index contributed by atoms with van der Waals surface area (Å²) in [7, 11) is 0. The number of H-pyrrole nitrogens is 2. The molecule has 38 heavy (non-hydrogen) atoms. The predicted octanol–water partition coefficient (Wildman–Crippen LogP) is -3.23. The zero-order valence-electron chi connectivity index (χ0n) is 20.5. The van der Waals surface area contributed by atoms with Crippen LogP contribution in [0.4, 0.5) is 0 Å². The molecule has 2 rings (SSSR count). The van der Waals surface area contributed by atoms with Gasteiger partial charge in [0.15, 0.2) is 5.96 Å². The summed E-state index contributed by atoms with van der Waals surface area (Å²) >= 11 is 3.95. The lowest BCUT2D eigenvalue weighted by molar-refractivity contribution is -0.141. The fraction of sp³-hybridized carbons (Fsp3) is 0.476. The fourth-order valence-electron chi connectivity index (χ4n) is 3.33. The maximum Gasteiger partial charge on any atom is 0.327 e. The quantitative estimate of drug-likeness (QED) is 0.0431. The standard InChI is InChI=1S/C21H33N11O5S/c22-13(4-11-6-25-9-28-11)17(33)30-14(2-1-3-27-21(23)24)18(34)31-15(5-12-7-26-10-29-12)19(35)32-16(8-38)20(36)37/h6-7,9-10,13-16,38H,1-5,8,22H2,(H,25,28)(H,26,29)(H,30,33)(H,31,34)(H,32,35)(H,36,37)(H4,23,24,27). The number of nitrogens with two attached hydrogens (primary N) is 3. The van der Waals surface area contributed by atoms with Crippen molar-refractivity contribution in [3.8, 4) is 0 Å².